The highest BCUT2D eigenvalue weighted by molar-refractivity contribution is 6.32. The first-order chi connectivity index (χ1) is 8.70. The number of hydrogen-bond acceptors (Lipinski definition) is 1. The third kappa shape index (κ3) is 2.80. The van der Waals surface area contributed by atoms with Gasteiger partial charge in [0.1, 0.15) is 0 Å². The summed E-state index contributed by atoms with van der Waals surface area (Å²) in [5.74, 6) is 0. The van der Waals surface area contributed by atoms with Crippen molar-refractivity contribution in [3.63, 3.8) is 0 Å². The fourth-order valence-corrected chi connectivity index (χ4v) is 1.85. The number of nitrogens with zero attached hydrogens (tertiary/aromatic N) is 1. The van der Waals surface area contributed by atoms with Crippen LogP contribution in [0.4, 0.5) is 0 Å². The van der Waals surface area contributed by atoms with E-state index in [0.29, 0.717) is 10.6 Å². The van der Waals surface area contributed by atoms with Gasteiger partial charge in [0.15, 0.2) is 0 Å². The van der Waals surface area contributed by atoms with E-state index in [1.54, 1.807) is 0 Å². The minimum atomic E-state index is 0.614. The first-order valence-electron chi connectivity index (χ1n) is 5.64. The predicted octanol–water partition coefficient (Wildman–Crippen LogP) is 4.71. The average molecular weight is 254 g/mol. The van der Waals surface area contributed by atoms with Crippen LogP contribution < -0.4 is 0 Å². The van der Waals surface area contributed by atoms with Gasteiger partial charge in [-0.2, -0.15) is 5.26 Å². The molecule has 18 heavy (non-hydrogen) atoms. The van der Waals surface area contributed by atoms with Crippen LogP contribution in [0.25, 0.3) is 11.6 Å². The van der Waals surface area contributed by atoms with Gasteiger partial charge in [-0.1, -0.05) is 59.6 Å². The van der Waals surface area contributed by atoms with E-state index >= 15 is 0 Å². The Kier molecular flexibility index (Phi) is 3.82. The number of halogens is 1. The Balaban J connectivity index is 2.44. The summed E-state index contributed by atoms with van der Waals surface area (Å²) >= 11 is 6.08. The maximum absolute atomic E-state index is 9.24. The van der Waals surface area contributed by atoms with Crippen LogP contribution in [0.2, 0.25) is 5.02 Å². The van der Waals surface area contributed by atoms with Crippen molar-refractivity contribution in [1.29, 1.82) is 5.26 Å². The van der Waals surface area contributed by atoms with Gasteiger partial charge >= 0.3 is 0 Å². The molecule has 0 fully saturated rings. The molecule has 1 nitrogen and oxygen atoms in total. The molecule has 2 heteroatoms. The fraction of sp³-hybridized carbons (Fsp3) is 0.0625. The SMILES string of the molecule is Cc1ccc(/C(C#N)=C\c2ccccc2Cl)cc1. The van der Waals surface area contributed by atoms with E-state index in [0.717, 1.165) is 11.1 Å². The zero-order valence-corrected chi connectivity index (χ0v) is 10.8. The summed E-state index contributed by atoms with van der Waals surface area (Å²) in [6, 6.07) is 17.6. The van der Waals surface area contributed by atoms with Crippen LogP contribution in [0.1, 0.15) is 16.7 Å². The lowest BCUT2D eigenvalue weighted by atomic mass is 10.0. The Morgan fingerprint density at radius 3 is 2.39 bits per heavy atom. The molecule has 0 aromatic heterocycles. The lowest BCUT2D eigenvalue weighted by molar-refractivity contribution is 1.45. The summed E-state index contributed by atoms with van der Waals surface area (Å²) in [4.78, 5) is 0. The highest BCUT2D eigenvalue weighted by Gasteiger charge is 2.02. The first kappa shape index (κ1) is 12.4. The van der Waals surface area contributed by atoms with E-state index in [2.05, 4.69) is 6.07 Å². The molecular formula is C16H12ClN. The van der Waals surface area contributed by atoms with Crippen LogP contribution in [-0.2, 0) is 0 Å². The second-order valence-electron chi connectivity index (χ2n) is 4.06. The van der Waals surface area contributed by atoms with Crippen molar-refractivity contribution in [2.24, 2.45) is 0 Å². The van der Waals surface area contributed by atoms with E-state index in [9.17, 15) is 5.26 Å². The Morgan fingerprint density at radius 1 is 1.11 bits per heavy atom. The number of hydrogen-bond donors (Lipinski definition) is 0. The smallest absolute Gasteiger partial charge is 0.0998 e. The molecular weight excluding hydrogens is 242 g/mol. The van der Waals surface area contributed by atoms with Crippen molar-refractivity contribution in [1.82, 2.24) is 0 Å². The van der Waals surface area contributed by atoms with Crippen LogP contribution in [0.5, 0.6) is 0 Å². The topological polar surface area (TPSA) is 23.8 Å². The largest absolute Gasteiger partial charge is 0.192 e. The molecule has 0 atom stereocenters. The second kappa shape index (κ2) is 5.53. The number of benzene rings is 2. The van der Waals surface area contributed by atoms with Gasteiger partial charge in [0.2, 0.25) is 0 Å². The van der Waals surface area contributed by atoms with Crippen LogP contribution in [0.15, 0.2) is 48.5 Å². The van der Waals surface area contributed by atoms with Crippen molar-refractivity contribution in [3.05, 3.63) is 70.2 Å². The summed E-state index contributed by atoms with van der Waals surface area (Å²) in [5.41, 5.74) is 3.55. The quantitative estimate of drug-likeness (QED) is 0.562. The molecule has 88 valence electrons. The van der Waals surface area contributed by atoms with Crippen LogP contribution in [0.3, 0.4) is 0 Å². The average Bonchev–Trinajstić information content (AvgIpc) is 2.39. The van der Waals surface area contributed by atoms with E-state index < -0.39 is 0 Å². The Morgan fingerprint density at radius 2 is 1.78 bits per heavy atom. The van der Waals surface area contributed by atoms with Crippen LogP contribution in [-0.4, -0.2) is 0 Å². The molecule has 0 amide bonds. The monoisotopic (exact) mass is 253 g/mol. The van der Waals surface area contributed by atoms with Crippen molar-refractivity contribution in [2.75, 3.05) is 0 Å². The zero-order valence-electron chi connectivity index (χ0n) is 10.0. The second-order valence-corrected chi connectivity index (χ2v) is 4.46. The van der Waals surface area contributed by atoms with Gasteiger partial charge in [-0.05, 0) is 30.2 Å². The van der Waals surface area contributed by atoms with Gasteiger partial charge in [-0.25, -0.2) is 0 Å². The molecule has 0 saturated heterocycles. The number of aryl methyl sites for hydroxylation is 1. The maximum Gasteiger partial charge on any atom is 0.0998 e. The normalized spacial score (nSPS) is 11.1. The summed E-state index contributed by atoms with van der Waals surface area (Å²) in [6.45, 7) is 2.02. The van der Waals surface area contributed by atoms with Gasteiger partial charge in [-0.15, -0.1) is 0 Å². The maximum atomic E-state index is 9.24. The van der Waals surface area contributed by atoms with E-state index in [1.165, 1.54) is 5.56 Å². The summed E-state index contributed by atoms with van der Waals surface area (Å²) in [6.07, 6.45) is 1.81. The van der Waals surface area contributed by atoms with Crippen molar-refractivity contribution < 1.29 is 0 Å². The van der Waals surface area contributed by atoms with E-state index in [4.69, 9.17) is 11.6 Å². The zero-order chi connectivity index (χ0) is 13.0. The molecule has 0 heterocycles. The van der Waals surface area contributed by atoms with Crippen molar-refractivity contribution in [3.8, 4) is 6.07 Å². The lowest BCUT2D eigenvalue weighted by Crippen LogP contribution is -1.83. The van der Waals surface area contributed by atoms with Gasteiger partial charge in [0, 0.05) is 5.02 Å². The first-order valence-corrected chi connectivity index (χ1v) is 6.02. The van der Waals surface area contributed by atoms with Crippen molar-refractivity contribution >= 4 is 23.3 Å². The molecule has 2 aromatic carbocycles. The summed E-state index contributed by atoms with van der Waals surface area (Å²) in [5, 5.41) is 9.89. The van der Waals surface area contributed by atoms with Crippen molar-refractivity contribution in [2.45, 2.75) is 6.92 Å². The lowest BCUT2D eigenvalue weighted by Gasteiger charge is -2.02. The minimum Gasteiger partial charge on any atom is -0.192 e. The molecule has 2 aromatic rings. The number of nitriles is 1. The molecule has 0 aliphatic rings. The molecule has 0 unspecified atom stereocenters. The summed E-state index contributed by atoms with van der Waals surface area (Å²) < 4.78 is 0. The van der Waals surface area contributed by atoms with E-state index in [1.807, 2.05) is 61.5 Å². The standard InChI is InChI=1S/C16H12ClN/c1-12-6-8-13(9-7-12)15(11-18)10-14-4-2-3-5-16(14)17/h2-10H,1H3/b15-10-. The third-order valence-corrected chi connectivity index (χ3v) is 3.03. The molecule has 0 bridgehead atoms. The van der Waals surface area contributed by atoms with Gasteiger partial charge in [-0.3, -0.25) is 0 Å². The third-order valence-electron chi connectivity index (χ3n) is 2.69. The molecule has 0 aliphatic carbocycles. The van der Waals surface area contributed by atoms with Crippen LogP contribution >= 0.6 is 11.6 Å². The Hall–Kier alpha value is -2.04. The highest BCUT2D eigenvalue weighted by Crippen LogP contribution is 2.22. The predicted molar refractivity (Wildman–Crippen MR) is 76.1 cm³/mol. The van der Waals surface area contributed by atoms with Crippen LogP contribution in [0, 0.1) is 18.3 Å². The highest BCUT2D eigenvalue weighted by atomic mass is 35.5. The van der Waals surface area contributed by atoms with E-state index in [-0.39, 0.29) is 0 Å². The molecule has 0 N–H and O–H groups in total. The Labute approximate surface area is 112 Å². The molecule has 0 spiro atoms. The molecule has 0 saturated carbocycles. The molecule has 0 aliphatic heterocycles. The molecule has 2 rings (SSSR count). The Bertz CT molecular complexity index is 618. The fourth-order valence-electron chi connectivity index (χ4n) is 1.66. The number of rotatable bonds is 2. The number of allylic oxidation sites excluding steroid dienone is 1. The van der Waals surface area contributed by atoms with Gasteiger partial charge in [0.05, 0.1) is 11.6 Å². The minimum absolute atomic E-state index is 0.614. The van der Waals surface area contributed by atoms with Gasteiger partial charge < -0.3 is 0 Å². The van der Waals surface area contributed by atoms with Gasteiger partial charge in [0.25, 0.3) is 0 Å². The summed E-state index contributed by atoms with van der Waals surface area (Å²) in [7, 11) is 0. The molecule has 0 radical (unpaired) electrons.